The molecule has 0 aromatic heterocycles. The summed E-state index contributed by atoms with van der Waals surface area (Å²) in [5.74, 6) is 0. The van der Waals surface area contributed by atoms with Gasteiger partial charge in [0.25, 0.3) is 0 Å². The molecular weight excluding hydrogens is 204 g/mol. The lowest BCUT2D eigenvalue weighted by Crippen LogP contribution is -2.46. The number of para-hydroxylation sites is 1. The molecule has 0 amide bonds. The number of hydrogen-bond acceptors (Lipinski definition) is 4. The summed E-state index contributed by atoms with van der Waals surface area (Å²) < 4.78 is 5.34. The molecule has 1 unspecified atom stereocenters. The van der Waals surface area contributed by atoms with Crippen LogP contribution in [0.15, 0.2) is 24.3 Å². The molecule has 88 valence electrons. The first-order valence-corrected chi connectivity index (χ1v) is 5.57. The zero-order valence-electron chi connectivity index (χ0n) is 9.30. The van der Waals surface area contributed by atoms with Gasteiger partial charge in [-0.25, -0.2) is 0 Å². The summed E-state index contributed by atoms with van der Waals surface area (Å²) in [4.78, 5) is 2.22. The Bertz CT molecular complexity index is 344. The number of rotatable bonds is 3. The predicted molar refractivity (Wildman–Crippen MR) is 63.0 cm³/mol. The summed E-state index contributed by atoms with van der Waals surface area (Å²) in [6, 6.07) is 7.94. The Morgan fingerprint density at radius 2 is 2.25 bits per heavy atom. The van der Waals surface area contributed by atoms with Gasteiger partial charge in [0.05, 0.1) is 25.9 Å². The molecule has 1 saturated heterocycles. The normalized spacial score (nSPS) is 22.2. The molecule has 1 aliphatic rings. The summed E-state index contributed by atoms with van der Waals surface area (Å²) in [7, 11) is 0. The van der Waals surface area contributed by atoms with Crippen molar-refractivity contribution in [3.05, 3.63) is 29.8 Å². The highest BCUT2D eigenvalue weighted by Gasteiger charge is 2.22. The van der Waals surface area contributed by atoms with Crippen LogP contribution in [0.5, 0.6) is 0 Å². The minimum Gasteiger partial charge on any atom is -0.398 e. The second-order valence-corrected chi connectivity index (χ2v) is 4.08. The predicted octanol–water partition coefficient (Wildman–Crippen LogP) is 0.462. The molecule has 0 radical (unpaired) electrons. The van der Waals surface area contributed by atoms with Crippen molar-refractivity contribution in [3.8, 4) is 0 Å². The van der Waals surface area contributed by atoms with E-state index in [4.69, 9.17) is 10.5 Å². The third-order valence-corrected chi connectivity index (χ3v) is 2.99. The molecule has 3 N–H and O–H groups in total. The fraction of sp³-hybridized carbons (Fsp3) is 0.500. The maximum atomic E-state index is 9.26. The fourth-order valence-electron chi connectivity index (χ4n) is 1.96. The van der Waals surface area contributed by atoms with Gasteiger partial charge in [-0.1, -0.05) is 18.2 Å². The average Bonchev–Trinajstić information content (AvgIpc) is 2.33. The number of hydrogen-bond donors (Lipinski definition) is 2. The maximum Gasteiger partial charge on any atom is 0.0644 e. The molecule has 1 aromatic carbocycles. The largest absolute Gasteiger partial charge is 0.398 e. The molecule has 0 bridgehead atoms. The second-order valence-electron chi connectivity index (χ2n) is 4.08. The Morgan fingerprint density at radius 1 is 1.44 bits per heavy atom. The summed E-state index contributed by atoms with van der Waals surface area (Å²) in [6.45, 7) is 3.08. The van der Waals surface area contributed by atoms with Crippen molar-refractivity contribution in [1.82, 2.24) is 4.90 Å². The Morgan fingerprint density at radius 3 is 3.00 bits per heavy atom. The van der Waals surface area contributed by atoms with Crippen LogP contribution in [-0.4, -0.2) is 42.4 Å². The molecule has 1 aliphatic heterocycles. The molecule has 1 fully saturated rings. The molecule has 4 nitrogen and oxygen atoms in total. The number of aliphatic hydroxyl groups is 1. The zero-order valence-corrected chi connectivity index (χ0v) is 9.30. The van der Waals surface area contributed by atoms with E-state index in [0.29, 0.717) is 6.61 Å². The van der Waals surface area contributed by atoms with E-state index in [0.717, 1.165) is 30.9 Å². The van der Waals surface area contributed by atoms with Gasteiger partial charge < -0.3 is 15.6 Å². The molecule has 0 aliphatic carbocycles. The average molecular weight is 222 g/mol. The van der Waals surface area contributed by atoms with Gasteiger partial charge >= 0.3 is 0 Å². The van der Waals surface area contributed by atoms with Crippen molar-refractivity contribution in [3.63, 3.8) is 0 Å². The lowest BCUT2D eigenvalue weighted by atomic mass is 10.1. The van der Waals surface area contributed by atoms with Gasteiger partial charge in [-0.3, -0.25) is 4.90 Å². The van der Waals surface area contributed by atoms with Gasteiger partial charge in [-0.05, 0) is 11.6 Å². The van der Waals surface area contributed by atoms with Crippen LogP contribution in [0.2, 0.25) is 0 Å². The highest BCUT2D eigenvalue weighted by atomic mass is 16.5. The van der Waals surface area contributed by atoms with Crippen molar-refractivity contribution in [2.24, 2.45) is 0 Å². The number of aliphatic hydroxyl groups excluding tert-OH is 1. The van der Waals surface area contributed by atoms with Crippen LogP contribution in [0.1, 0.15) is 5.56 Å². The first kappa shape index (κ1) is 11.4. The Balaban J connectivity index is 2.05. The van der Waals surface area contributed by atoms with Crippen LogP contribution in [0.4, 0.5) is 5.69 Å². The topological polar surface area (TPSA) is 58.7 Å². The lowest BCUT2D eigenvalue weighted by Gasteiger charge is -2.34. The summed E-state index contributed by atoms with van der Waals surface area (Å²) >= 11 is 0. The van der Waals surface area contributed by atoms with Crippen molar-refractivity contribution >= 4 is 5.69 Å². The molecule has 1 aromatic rings. The van der Waals surface area contributed by atoms with Gasteiger partial charge in [-0.15, -0.1) is 0 Å². The highest BCUT2D eigenvalue weighted by Crippen LogP contribution is 2.16. The number of nitrogens with zero attached hydrogens (tertiary/aromatic N) is 1. The summed E-state index contributed by atoms with van der Waals surface area (Å²) in [5, 5.41) is 9.26. The Hall–Kier alpha value is -1.10. The minimum absolute atomic E-state index is 0.0911. The SMILES string of the molecule is Nc1ccccc1CN1CCOCC1CO. The van der Waals surface area contributed by atoms with Crippen LogP contribution < -0.4 is 5.73 Å². The third-order valence-electron chi connectivity index (χ3n) is 2.99. The number of nitrogens with two attached hydrogens (primary N) is 1. The third kappa shape index (κ3) is 2.52. The molecule has 2 rings (SSSR count). The van der Waals surface area contributed by atoms with Gasteiger partial charge in [0, 0.05) is 18.8 Å². The van der Waals surface area contributed by atoms with E-state index < -0.39 is 0 Å². The van der Waals surface area contributed by atoms with Crippen molar-refractivity contribution < 1.29 is 9.84 Å². The van der Waals surface area contributed by atoms with Gasteiger partial charge in [0.1, 0.15) is 0 Å². The van der Waals surface area contributed by atoms with E-state index in [1.807, 2.05) is 24.3 Å². The summed E-state index contributed by atoms with van der Waals surface area (Å²) in [5.41, 5.74) is 7.83. The molecule has 0 saturated carbocycles. The van der Waals surface area contributed by atoms with Gasteiger partial charge in [0.15, 0.2) is 0 Å². The monoisotopic (exact) mass is 222 g/mol. The van der Waals surface area contributed by atoms with E-state index in [-0.39, 0.29) is 12.6 Å². The Kier molecular flexibility index (Phi) is 3.77. The number of anilines is 1. The molecular formula is C12H18N2O2. The van der Waals surface area contributed by atoms with Crippen LogP contribution in [0.3, 0.4) is 0 Å². The van der Waals surface area contributed by atoms with Crippen molar-refractivity contribution in [1.29, 1.82) is 0 Å². The van der Waals surface area contributed by atoms with Crippen LogP contribution in [-0.2, 0) is 11.3 Å². The van der Waals surface area contributed by atoms with E-state index in [9.17, 15) is 5.11 Å². The van der Waals surface area contributed by atoms with Crippen LogP contribution in [0, 0.1) is 0 Å². The number of benzene rings is 1. The second kappa shape index (κ2) is 5.30. The van der Waals surface area contributed by atoms with Crippen molar-refractivity contribution in [2.45, 2.75) is 12.6 Å². The van der Waals surface area contributed by atoms with Gasteiger partial charge in [-0.2, -0.15) is 0 Å². The smallest absolute Gasteiger partial charge is 0.0644 e. The fourth-order valence-corrected chi connectivity index (χ4v) is 1.96. The molecule has 4 heteroatoms. The zero-order chi connectivity index (χ0) is 11.4. The standard InChI is InChI=1S/C12H18N2O2/c13-12-4-2-1-3-10(12)7-14-5-6-16-9-11(14)8-15/h1-4,11,15H,5-9,13H2. The lowest BCUT2D eigenvalue weighted by molar-refractivity contribution is -0.0311. The van der Waals surface area contributed by atoms with E-state index in [1.54, 1.807) is 0 Å². The van der Waals surface area contributed by atoms with Crippen LogP contribution in [0.25, 0.3) is 0 Å². The number of morpholine rings is 1. The molecule has 1 heterocycles. The summed E-state index contributed by atoms with van der Waals surface area (Å²) in [6.07, 6.45) is 0. The highest BCUT2D eigenvalue weighted by molar-refractivity contribution is 5.46. The first-order chi connectivity index (χ1) is 7.81. The quantitative estimate of drug-likeness (QED) is 0.730. The van der Waals surface area contributed by atoms with E-state index >= 15 is 0 Å². The Labute approximate surface area is 95.6 Å². The van der Waals surface area contributed by atoms with Crippen molar-refractivity contribution in [2.75, 3.05) is 32.1 Å². The first-order valence-electron chi connectivity index (χ1n) is 5.57. The van der Waals surface area contributed by atoms with E-state index in [2.05, 4.69) is 4.90 Å². The molecule has 16 heavy (non-hydrogen) atoms. The number of nitrogen functional groups attached to an aromatic ring is 1. The maximum absolute atomic E-state index is 9.26. The van der Waals surface area contributed by atoms with Crippen LogP contribution >= 0.6 is 0 Å². The number of ether oxygens (including phenoxy) is 1. The molecule has 1 atom stereocenters. The van der Waals surface area contributed by atoms with E-state index in [1.165, 1.54) is 0 Å². The molecule has 0 spiro atoms. The minimum atomic E-state index is 0.0911. The van der Waals surface area contributed by atoms with Gasteiger partial charge in [0.2, 0.25) is 0 Å².